The van der Waals surface area contributed by atoms with Crippen LogP contribution in [0, 0.1) is 6.92 Å². The fourth-order valence-electron chi connectivity index (χ4n) is 2.34. The number of aromatic nitrogens is 2. The van der Waals surface area contributed by atoms with E-state index in [2.05, 4.69) is 15.2 Å². The van der Waals surface area contributed by atoms with Gasteiger partial charge in [0.05, 0.1) is 11.4 Å². The summed E-state index contributed by atoms with van der Waals surface area (Å²) in [4.78, 5) is 4.50. The number of aromatic hydroxyl groups is 1. The standard InChI is InChI=1S/C17H18N4O/c1-11(2)15-17(20-19-13-7-4-6-12(3)10-13)21-9-5-8-14(22)16(21)18-15/h4-11,22H,1-3H3. The van der Waals surface area contributed by atoms with E-state index in [-0.39, 0.29) is 11.7 Å². The molecule has 0 bridgehead atoms. The van der Waals surface area contributed by atoms with E-state index in [1.807, 2.05) is 51.2 Å². The third-order valence-corrected chi connectivity index (χ3v) is 3.44. The van der Waals surface area contributed by atoms with Crippen LogP contribution in [-0.4, -0.2) is 14.5 Å². The molecule has 1 N–H and O–H groups in total. The van der Waals surface area contributed by atoms with Crippen molar-refractivity contribution >= 4 is 17.2 Å². The summed E-state index contributed by atoms with van der Waals surface area (Å²) in [7, 11) is 0. The second-order valence-corrected chi connectivity index (χ2v) is 5.60. The van der Waals surface area contributed by atoms with Crippen LogP contribution in [0.3, 0.4) is 0 Å². The Balaban J connectivity index is 2.13. The van der Waals surface area contributed by atoms with Gasteiger partial charge in [0.15, 0.2) is 17.2 Å². The van der Waals surface area contributed by atoms with E-state index in [0.29, 0.717) is 11.5 Å². The molecule has 0 saturated heterocycles. The number of nitrogens with zero attached hydrogens (tertiary/aromatic N) is 4. The number of benzene rings is 1. The Kier molecular flexibility index (Phi) is 3.63. The van der Waals surface area contributed by atoms with E-state index in [1.54, 1.807) is 16.5 Å². The molecule has 112 valence electrons. The first kappa shape index (κ1) is 14.3. The van der Waals surface area contributed by atoms with E-state index >= 15 is 0 Å². The highest BCUT2D eigenvalue weighted by atomic mass is 16.3. The van der Waals surface area contributed by atoms with Crippen molar-refractivity contribution in [3.63, 3.8) is 0 Å². The molecule has 5 nitrogen and oxygen atoms in total. The molecule has 0 atom stereocenters. The van der Waals surface area contributed by atoms with Crippen LogP contribution in [0.25, 0.3) is 5.65 Å². The number of fused-ring (bicyclic) bond motifs is 1. The Hall–Kier alpha value is -2.69. The van der Waals surface area contributed by atoms with Crippen LogP contribution in [-0.2, 0) is 0 Å². The van der Waals surface area contributed by atoms with Gasteiger partial charge in [-0.15, -0.1) is 10.2 Å². The normalized spacial score (nSPS) is 11.8. The van der Waals surface area contributed by atoms with Crippen LogP contribution in [0.1, 0.15) is 31.0 Å². The highest BCUT2D eigenvalue weighted by Gasteiger charge is 2.16. The molecule has 0 saturated carbocycles. The number of aryl methyl sites for hydroxylation is 1. The van der Waals surface area contributed by atoms with Gasteiger partial charge >= 0.3 is 0 Å². The van der Waals surface area contributed by atoms with Gasteiger partial charge in [-0.25, -0.2) is 4.98 Å². The maximum Gasteiger partial charge on any atom is 0.183 e. The topological polar surface area (TPSA) is 62.2 Å². The summed E-state index contributed by atoms with van der Waals surface area (Å²) in [6, 6.07) is 11.2. The monoisotopic (exact) mass is 294 g/mol. The number of rotatable bonds is 3. The SMILES string of the molecule is Cc1cccc(N=Nc2c(C(C)C)nc3c(O)cccn23)c1. The third kappa shape index (κ3) is 2.57. The predicted molar refractivity (Wildman–Crippen MR) is 86.3 cm³/mol. The molecule has 2 heterocycles. The predicted octanol–water partition coefficient (Wildman–Crippen LogP) is 4.89. The second-order valence-electron chi connectivity index (χ2n) is 5.60. The third-order valence-electron chi connectivity index (χ3n) is 3.44. The first-order chi connectivity index (χ1) is 10.6. The number of imidazole rings is 1. The van der Waals surface area contributed by atoms with Crippen LogP contribution >= 0.6 is 0 Å². The fraction of sp³-hybridized carbons (Fsp3) is 0.235. The van der Waals surface area contributed by atoms with Crippen LogP contribution in [0.2, 0.25) is 0 Å². The average molecular weight is 294 g/mol. The summed E-state index contributed by atoms with van der Waals surface area (Å²) in [6.07, 6.45) is 1.83. The zero-order valence-electron chi connectivity index (χ0n) is 12.9. The molecule has 0 spiro atoms. The minimum Gasteiger partial charge on any atom is -0.504 e. The van der Waals surface area contributed by atoms with E-state index in [9.17, 15) is 5.11 Å². The molecule has 3 aromatic rings. The van der Waals surface area contributed by atoms with Crippen LogP contribution in [0.5, 0.6) is 5.75 Å². The lowest BCUT2D eigenvalue weighted by atomic mass is 10.1. The molecular formula is C17H18N4O. The molecule has 0 aliphatic carbocycles. The lowest BCUT2D eigenvalue weighted by Gasteiger charge is -2.01. The van der Waals surface area contributed by atoms with Gasteiger partial charge in [0.2, 0.25) is 0 Å². The number of pyridine rings is 1. The number of azo groups is 1. The summed E-state index contributed by atoms with van der Waals surface area (Å²) < 4.78 is 1.77. The Bertz CT molecular complexity index is 849. The molecule has 22 heavy (non-hydrogen) atoms. The molecule has 1 aromatic carbocycles. The Morgan fingerprint density at radius 1 is 1.14 bits per heavy atom. The Labute approximate surface area is 129 Å². The zero-order chi connectivity index (χ0) is 15.7. The molecule has 5 heteroatoms. The van der Waals surface area contributed by atoms with E-state index < -0.39 is 0 Å². The van der Waals surface area contributed by atoms with Gasteiger partial charge in [-0.2, -0.15) is 0 Å². The summed E-state index contributed by atoms with van der Waals surface area (Å²) in [5.74, 6) is 0.981. The maximum absolute atomic E-state index is 9.96. The van der Waals surface area contributed by atoms with Gasteiger partial charge in [0.1, 0.15) is 0 Å². The summed E-state index contributed by atoms with van der Waals surface area (Å²) in [6.45, 7) is 6.11. The van der Waals surface area contributed by atoms with E-state index in [0.717, 1.165) is 16.9 Å². The smallest absolute Gasteiger partial charge is 0.183 e. The summed E-state index contributed by atoms with van der Waals surface area (Å²) in [5.41, 5.74) is 3.25. The minimum absolute atomic E-state index is 0.140. The maximum atomic E-state index is 9.96. The van der Waals surface area contributed by atoms with Crippen molar-refractivity contribution in [1.29, 1.82) is 0 Å². The fourth-order valence-corrected chi connectivity index (χ4v) is 2.34. The lowest BCUT2D eigenvalue weighted by Crippen LogP contribution is -1.87. The molecule has 0 aliphatic rings. The minimum atomic E-state index is 0.140. The first-order valence-corrected chi connectivity index (χ1v) is 7.24. The highest BCUT2D eigenvalue weighted by molar-refractivity contribution is 5.60. The molecule has 0 amide bonds. The van der Waals surface area contributed by atoms with Crippen molar-refractivity contribution in [2.24, 2.45) is 10.2 Å². The van der Waals surface area contributed by atoms with Gasteiger partial charge in [0.25, 0.3) is 0 Å². The van der Waals surface area contributed by atoms with Crippen molar-refractivity contribution in [2.75, 3.05) is 0 Å². The van der Waals surface area contributed by atoms with Gasteiger partial charge < -0.3 is 5.11 Å². The largest absolute Gasteiger partial charge is 0.504 e. The summed E-state index contributed by atoms with van der Waals surface area (Å²) in [5, 5.41) is 18.7. The molecule has 0 unspecified atom stereocenters. The molecule has 0 radical (unpaired) electrons. The zero-order valence-corrected chi connectivity index (χ0v) is 12.9. The van der Waals surface area contributed by atoms with Crippen LogP contribution < -0.4 is 0 Å². The number of hydrogen-bond acceptors (Lipinski definition) is 4. The quantitative estimate of drug-likeness (QED) is 0.699. The van der Waals surface area contributed by atoms with Crippen molar-refractivity contribution in [2.45, 2.75) is 26.7 Å². The van der Waals surface area contributed by atoms with Crippen LogP contribution in [0.4, 0.5) is 11.5 Å². The van der Waals surface area contributed by atoms with E-state index in [4.69, 9.17) is 0 Å². The molecule has 3 rings (SSSR count). The highest BCUT2D eigenvalue weighted by Crippen LogP contribution is 2.32. The van der Waals surface area contributed by atoms with Gasteiger partial charge in [0, 0.05) is 6.20 Å². The molecule has 2 aromatic heterocycles. The van der Waals surface area contributed by atoms with Gasteiger partial charge in [-0.1, -0.05) is 26.0 Å². The van der Waals surface area contributed by atoms with Crippen molar-refractivity contribution in [3.05, 3.63) is 53.9 Å². The lowest BCUT2D eigenvalue weighted by molar-refractivity contribution is 0.477. The number of hydrogen-bond donors (Lipinski definition) is 1. The van der Waals surface area contributed by atoms with Gasteiger partial charge in [-0.05, 0) is 42.7 Å². The second kappa shape index (κ2) is 5.60. The van der Waals surface area contributed by atoms with Gasteiger partial charge in [-0.3, -0.25) is 4.40 Å². The first-order valence-electron chi connectivity index (χ1n) is 7.24. The Morgan fingerprint density at radius 2 is 1.95 bits per heavy atom. The van der Waals surface area contributed by atoms with Crippen molar-refractivity contribution in [1.82, 2.24) is 9.38 Å². The van der Waals surface area contributed by atoms with Crippen molar-refractivity contribution in [3.8, 4) is 5.75 Å². The molecular weight excluding hydrogens is 276 g/mol. The van der Waals surface area contributed by atoms with Crippen molar-refractivity contribution < 1.29 is 5.11 Å². The summed E-state index contributed by atoms with van der Waals surface area (Å²) >= 11 is 0. The van der Waals surface area contributed by atoms with Crippen LogP contribution in [0.15, 0.2) is 52.8 Å². The van der Waals surface area contributed by atoms with E-state index in [1.165, 1.54) is 0 Å². The molecule has 0 aliphatic heterocycles. The average Bonchev–Trinajstić information content (AvgIpc) is 2.86. The Morgan fingerprint density at radius 3 is 2.68 bits per heavy atom. The molecule has 0 fully saturated rings.